The third-order valence-corrected chi connectivity index (χ3v) is 7.07. The zero-order chi connectivity index (χ0) is 22.0. The highest BCUT2D eigenvalue weighted by atomic mass is 16.5. The second-order valence-electron chi connectivity index (χ2n) is 9.19. The molecule has 3 aromatic carbocycles. The number of ether oxygens (including phenoxy) is 1. The minimum Gasteiger partial charge on any atom is -0.497 e. The number of nitrogens with zero attached hydrogens (tertiary/aromatic N) is 1. The molecular weight excluding hydrogens is 390 g/mol. The molecule has 4 rings (SSSR count). The average Bonchev–Trinajstić information content (AvgIpc) is 2.87. The van der Waals surface area contributed by atoms with Crippen molar-refractivity contribution in [2.45, 2.75) is 44.4 Å². The molecule has 0 atom stereocenters. The molecule has 0 N–H and O–H groups in total. The van der Waals surface area contributed by atoms with Crippen molar-refractivity contribution >= 4 is 0 Å². The predicted octanol–water partition coefficient (Wildman–Crippen LogP) is 6.95. The number of likely N-dealkylation sites (tertiary alicyclic amines) is 1. The van der Waals surface area contributed by atoms with Gasteiger partial charge in [-0.15, -0.1) is 0 Å². The van der Waals surface area contributed by atoms with Crippen LogP contribution in [0.5, 0.6) is 5.75 Å². The molecule has 32 heavy (non-hydrogen) atoms. The molecule has 0 saturated carbocycles. The van der Waals surface area contributed by atoms with Crippen LogP contribution in [0.25, 0.3) is 0 Å². The van der Waals surface area contributed by atoms with E-state index < -0.39 is 0 Å². The van der Waals surface area contributed by atoms with Crippen molar-refractivity contribution in [3.05, 3.63) is 102 Å². The number of aryl methyl sites for hydroxylation is 1. The Kier molecular flexibility index (Phi) is 8.39. The first kappa shape index (κ1) is 22.6. The smallest absolute Gasteiger partial charge is 0.118 e. The fraction of sp³-hybridized carbons (Fsp3) is 0.400. The molecule has 0 spiro atoms. The first-order valence-corrected chi connectivity index (χ1v) is 12.3. The third-order valence-electron chi connectivity index (χ3n) is 7.07. The lowest BCUT2D eigenvalue weighted by molar-refractivity contribution is 0.175. The molecule has 3 aromatic rings. The average molecular weight is 428 g/mol. The molecule has 1 heterocycles. The van der Waals surface area contributed by atoms with Crippen LogP contribution in [-0.4, -0.2) is 31.6 Å². The van der Waals surface area contributed by atoms with E-state index in [1.54, 1.807) is 7.11 Å². The fourth-order valence-corrected chi connectivity index (χ4v) is 5.10. The highest BCUT2D eigenvalue weighted by Gasteiger charge is 2.21. The quantitative estimate of drug-likeness (QED) is 0.347. The van der Waals surface area contributed by atoms with Crippen LogP contribution in [0.15, 0.2) is 84.9 Å². The summed E-state index contributed by atoms with van der Waals surface area (Å²) in [5.74, 6) is 2.32. The van der Waals surface area contributed by atoms with Gasteiger partial charge in [0, 0.05) is 5.92 Å². The van der Waals surface area contributed by atoms with Crippen LogP contribution in [0, 0.1) is 5.92 Å². The molecule has 2 heteroatoms. The molecule has 0 bridgehead atoms. The second-order valence-corrected chi connectivity index (χ2v) is 9.19. The van der Waals surface area contributed by atoms with E-state index in [1.807, 2.05) is 0 Å². The van der Waals surface area contributed by atoms with Gasteiger partial charge < -0.3 is 9.64 Å². The Hall–Kier alpha value is -2.58. The number of methoxy groups -OCH3 is 1. The van der Waals surface area contributed by atoms with Crippen molar-refractivity contribution < 1.29 is 4.74 Å². The Morgan fingerprint density at radius 3 is 1.97 bits per heavy atom. The molecule has 0 radical (unpaired) electrons. The molecule has 0 aromatic heterocycles. The lowest BCUT2D eigenvalue weighted by Crippen LogP contribution is -2.34. The normalized spacial score (nSPS) is 15.2. The van der Waals surface area contributed by atoms with Crippen molar-refractivity contribution in [2.75, 3.05) is 26.7 Å². The lowest BCUT2D eigenvalue weighted by atomic mass is 9.83. The van der Waals surface area contributed by atoms with Crippen LogP contribution < -0.4 is 4.74 Å². The highest BCUT2D eigenvalue weighted by molar-refractivity contribution is 5.32. The second kappa shape index (κ2) is 11.9. The van der Waals surface area contributed by atoms with Gasteiger partial charge in [0.1, 0.15) is 5.75 Å². The van der Waals surface area contributed by atoms with Crippen molar-refractivity contribution in [1.82, 2.24) is 4.90 Å². The Morgan fingerprint density at radius 1 is 0.812 bits per heavy atom. The van der Waals surface area contributed by atoms with Gasteiger partial charge in [-0.1, -0.05) is 72.8 Å². The molecule has 168 valence electrons. The molecule has 0 aliphatic carbocycles. The predicted molar refractivity (Wildman–Crippen MR) is 134 cm³/mol. The topological polar surface area (TPSA) is 12.5 Å². The van der Waals surface area contributed by atoms with Crippen LogP contribution in [0.3, 0.4) is 0 Å². The largest absolute Gasteiger partial charge is 0.497 e. The molecule has 2 nitrogen and oxygen atoms in total. The molecule has 1 aliphatic heterocycles. The maximum absolute atomic E-state index is 5.26. The summed E-state index contributed by atoms with van der Waals surface area (Å²) in [6, 6.07) is 30.7. The van der Waals surface area contributed by atoms with Crippen molar-refractivity contribution in [3.63, 3.8) is 0 Å². The van der Waals surface area contributed by atoms with Crippen LogP contribution >= 0.6 is 0 Å². The summed E-state index contributed by atoms with van der Waals surface area (Å²) < 4.78 is 5.26. The molecule has 1 fully saturated rings. The lowest BCUT2D eigenvalue weighted by Gasteiger charge is -2.32. The minimum atomic E-state index is 0.514. The van der Waals surface area contributed by atoms with Gasteiger partial charge in [0.25, 0.3) is 0 Å². The first-order chi connectivity index (χ1) is 15.8. The molecule has 1 aliphatic rings. The Bertz CT molecular complexity index is 859. The van der Waals surface area contributed by atoms with E-state index in [4.69, 9.17) is 4.74 Å². The summed E-state index contributed by atoms with van der Waals surface area (Å²) in [4.78, 5) is 2.67. The van der Waals surface area contributed by atoms with Gasteiger partial charge >= 0.3 is 0 Å². The molecular formula is C30H37NO. The monoisotopic (exact) mass is 427 g/mol. The summed E-state index contributed by atoms with van der Waals surface area (Å²) >= 11 is 0. The zero-order valence-electron chi connectivity index (χ0n) is 19.5. The number of benzene rings is 3. The summed E-state index contributed by atoms with van der Waals surface area (Å²) in [5, 5.41) is 0. The molecule has 0 unspecified atom stereocenters. The summed E-state index contributed by atoms with van der Waals surface area (Å²) in [6.45, 7) is 3.73. The third kappa shape index (κ3) is 6.46. The van der Waals surface area contributed by atoms with Gasteiger partial charge in [0.05, 0.1) is 7.11 Å². The van der Waals surface area contributed by atoms with Crippen LogP contribution in [0.4, 0.5) is 0 Å². The Morgan fingerprint density at radius 2 is 1.41 bits per heavy atom. The minimum absolute atomic E-state index is 0.514. The summed E-state index contributed by atoms with van der Waals surface area (Å²) in [6.07, 6.45) is 7.66. The Balaban J connectivity index is 1.21. The van der Waals surface area contributed by atoms with E-state index in [2.05, 4.69) is 89.8 Å². The Labute approximate surface area is 194 Å². The van der Waals surface area contributed by atoms with Gasteiger partial charge in [-0.05, 0) is 92.9 Å². The van der Waals surface area contributed by atoms with Crippen molar-refractivity contribution in [3.8, 4) is 5.75 Å². The van der Waals surface area contributed by atoms with E-state index in [-0.39, 0.29) is 0 Å². The van der Waals surface area contributed by atoms with E-state index >= 15 is 0 Å². The van der Waals surface area contributed by atoms with E-state index in [0.717, 1.165) is 18.1 Å². The van der Waals surface area contributed by atoms with Gasteiger partial charge in [-0.25, -0.2) is 0 Å². The van der Waals surface area contributed by atoms with Crippen LogP contribution in [0.2, 0.25) is 0 Å². The highest BCUT2D eigenvalue weighted by Crippen LogP contribution is 2.33. The van der Waals surface area contributed by atoms with Crippen LogP contribution in [0.1, 0.15) is 54.7 Å². The SMILES string of the molecule is COc1ccc(CCCN2CCC(CCC(c3ccccc3)c3ccccc3)CC2)cc1. The van der Waals surface area contributed by atoms with Gasteiger partial charge in [0.2, 0.25) is 0 Å². The van der Waals surface area contributed by atoms with Gasteiger partial charge in [0.15, 0.2) is 0 Å². The van der Waals surface area contributed by atoms with E-state index in [1.165, 1.54) is 68.4 Å². The molecule has 1 saturated heterocycles. The zero-order valence-corrected chi connectivity index (χ0v) is 19.5. The number of hydrogen-bond acceptors (Lipinski definition) is 2. The summed E-state index contributed by atoms with van der Waals surface area (Å²) in [7, 11) is 1.72. The van der Waals surface area contributed by atoms with Gasteiger partial charge in [-0.2, -0.15) is 0 Å². The number of hydrogen-bond donors (Lipinski definition) is 0. The van der Waals surface area contributed by atoms with E-state index in [0.29, 0.717) is 5.92 Å². The number of rotatable bonds is 10. The maximum atomic E-state index is 5.26. The van der Waals surface area contributed by atoms with Gasteiger partial charge in [-0.3, -0.25) is 0 Å². The summed E-state index contributed by atoms with van der Waals surface area (Å²) in [5.41, 5.74) is 4.32. The fourth-order valence-electron chi connectivity index (χ4n) is 5.10. The van der Waals surface area contributed by atoms with E-state index in [9.17, 15) is 0 Å². The van der Waals surface area contributed by atoms with Crippen molar-refractivity contribution in [2.24, 2.45) is 5.92 Å². The molecule has 0 amide bonds. The first-order valence-electron chi connectivity index (χ1n) is 12.3. The number of piperidine rings is 1. The standard InChI is InChI=1S/C30H37NO/c1-32-29-17-14-25(15-18-29)9-8-22-31-23-20-26(21-24-31)16-19-30(27-10-4-2-5-11-27)28-12-6-3-7-13-28/h2-7,10-15,17-18,26,30H,8-9,16,19-24H2,1H3. The van der Waals surface area contributed by atoms with Crippen LogP contribution in [-0.2, 0) is 6.42 Å². The maximum Gasteiger partial charge on any atom is 0.118 e. The van der Waals surface area contributed by atoms with Crippen molar-refractivity contribution in [1.29, 1.82) is 0 Å².